The average molecular weight is 676 g/mol. The van der Waals surface area contributed by atoms with Gasteiger partial charge in [0, 0.05) is 11.8 Å². The van der Waals surface area contributed by atoms with Crippen LogP contribution >= 0.6 is 0 Å². The van der Waals surface area contributed by atoms with E-state index in [1.165, 1.54) is 12.1 Å². The number of nitrogens with zero attached hydrogens (tertiary/aromatic N) is 6. The molecule has 2 aliphatic carbocycles. The Kier molecular flexibility index (Phi) is 7.69. The molecule has 0 saturated carbocycles. The molecule has 2 atom stereocenters. The fourth-order valence-electron chi connectivity index (χ4n) is 6.61. The minimum atomic E-state index is -1.97. The third kappa shape index (κ3) is 4.27. The molecule has 2 unspecified atom stereocenters. The van der Waals surface area contributed by atoms with E-state index in [-0.39, 0.29) is 33.4 Å². The van der Waals surface area contributed by atoms with Gasteiger partial charge in [0.2, 0.25) is 0 Å². The molecule has 0 saturated heterocycles. The summed E-state index contributed by atoms with van der Waals surface area (Å²) in [5, 5.41) is 57.6. The van der Waals surface area contributed by atoms with Gasteiger partial charge in [-0.2, -0.15) is 31.6 Å². The highest BCUT2D eigenvalue weighted by molar-refractivity contribution is 6.00. The van der Waals surface area contributed by atoms with E-state index in [0.29, 0.717) is 0 Å². The Morgan fingerprint density at radius 2 is 0.740 bits per heavy atom. The quantitative estimate of drug-likeness (QED) is 0.119. The molecule has 6 nitrogen and oxygen atoms in total. The maximum absolute atomic E-state index is 15.1. The van der Waals surface area contributed by atoms with Gasteiger partial charge in [0.1, 0.15) is 58.7 Å². The zero-order valence-electron chi connectivity index (χ0n) is 24.3. The molecule has 4 aromatic rings. The van der Waals surface area contributed by atoms with Gasteiger partial charge in [-0.05, 0) is 56.7 Å². The van der Waals surface area contributed by atoms with Crippen molar-refractivity contribution in [2.24, 2.45) is 0 Å². The zero-order chi connectivity index (χ0) is 36.3. The minimum Gasteiger partial charge on any atom is -0.203 e. The van der Waals surface area contributed by atoms with Crippen LogP contribution in [0.3, 0.4) is 0 Å². The lowest BCUT2D eigenvalue weighted by Gasteiger charge is -2.15. The van der Waals surface area contributed by atoms with Crippen molar-refractivity contribution < 1.29 is 35.1 Å². The molecule has 0 spiro atoms. The molecule has 0 amide bonds. The number of rotatable bonds is 2. The van der Waals surface area contributed by atoms with Gasteiger partial charge in [-0.3, -0.25) is 0 Å². The first-order valence-corrected chi connectivity index (χ1v) is 13.8. The highest BCUT2D eigenvalue weighted by atomic mass is 19.2. The summed E-state index contributed by atoms with van der Waals surface area (Å²) < 4.78 is 119. The molecule has 14 heteroatoms. The van der Waals surface area contributed by atoms with Crippen molar-refractivity contribution in [1.29, 1.82) is 31.6 Å². The van der Waals surface area contributed by atoms with Gasteiger partial charge in [-0.1, -0.05) is 24.3 Å². The van der Waals surface area contributed by atoms with E-state index in [9.17, 15) is 38.6 Å². The monoisotopic (exact) mass is 676 g/mol. The summed E-state index contributed by atoms with van der Waals surface area (Å²) in [5.41, 5.74) is -7.54. The number of fused-ring (bicyclic) bond motifs is 5. The smallest absolute Gasteiger partial charge is 0.180 e. The molecule has 6 rings (SSSR count). The lowest BCUT2D eigenvalue weighted by molar-refractivity contribution is 0.454. The summed E-state index contributed by atoms with van der Waals surface area (Å²) in [6, 6.07) is 15.4. The molecule has 238 valence electrons. The van der Waals surface area contributed by atoms with Crippen LogP contribution in [0.4, 0.5) is 35.1 Å². The van der Waals surface area contributed by atoms with Crippen molar-refractivity contribution in [2.45, 2.75) is 11.8 Å². The molecule has 4 aromatic carbocycles. The molecular weight excluding hydrogens is 668 g/mol. The molecule has 0 aromatic heterocycles. The number of hydrogen-bond acceptors (Lipinski definition) is 6. The maximum atomic E-state index is 15.1. The number of nitriles is 6. The first-order chi connectivity index (χ1) is 23.9. The molecule has 0 aliphatic heterocycles. The third-order valence-electron chi connectivity index (χ3n) is 8.63. The van der Waals surface area contributed by atoms with Gasteiger partial charge < -0.3 is 0 Å². The summed E-state index contributed by atoms with van der Waals surface area (Å²) in [6.07, 6.45) is 0. The van der Waals surface area contributed by atoms with E-state index >= 15 is 17.6 Å². The normalized spacial score (nSPS) is 15.0. The van der Waals surface area contributed by atoms with E-state index in [2.05, 4.69) is 0 Å². The van der Waals surface area contributed by atoms with Crippen LogP contribution in [-0.4, -0.2) is 0 Å². The van der Waals surface area contributed by atoms with E-state index in [0.717, 1.165) is 36.4 Å². The summed E-state index contributed by atoms with van der Waals surface area (Å²) in [5.74, 6) is -17.8. The Balaban J connectivity index is 1.66. The Labute approximate surface area is 275 Å². The zero-order valence-corrected chi connectivity index (χ0v) is 24.3. The Morgan fingerprint density at radius 3 is 1.00 bits per heavy atom. The molecule has 0 radical (unpaired) electrons. The summed E-state index contributed by atoms with van der Waals surface area (Å²) in [6.45, 7) is 0. The van der Waals surface area contributed by atoms with Crippen molar-refractivity contribution in [3.8, 4) is 58.7 Å². The van der Waals surface area contributed by atoms with Crippen molar-refractivity contribution in [1.82, 2.24) is 0 Å². The number of benzene rings is 4. The Bertz CT molecular complexity index is 2340. The fraction of sp³-hybridized carbons (Fsp3) is 0.0556. The van der Waals surface area contributed by atoms with Crippen LogP contribution in [0.15, 0.2) is 47.5 Å². The van der Waals surface area contributed by atoms with Gasteiger partial charge in [-0.25, -0.2) is 35.1 Å². The van der Waals surface area contributed by atoms with Crippen LogP contribution in [0.5, 0.6) is 0 Å². The van der Waals surface area contributed by atoms with Crippen LogP contribution in [0, 0.1) is 115 Å². The average Bonchev–Trinajstić information content (AvgIpc) is 3.61. The number of allylic oxidation sites excluding steroid dienone is 4. The van der Waals surface area contributed by atoms with Gasteiger partial charge >= 0.3 is 0 Å². The molecule has 50 heavy (non-hydrogen) atoms. The number of halogens is 8. The standard InChI is InChI=1S/C36H8F8N6/c37-29-21(11-49)30(38)34(42)25(33(29)41)13-1-3-17-19(5-13)23(15(7-45)8-46)28-18-4-2-14(6-20(18)24(27(17)28)16(9-47)10-48)26-35(43)31(39)22(12-50)32(40)36(26)44/h1-6,27-28H. The molecule has 0 fully saturated rings. The maximum Gasteiger partial charge on any atom is 0.180 e. The summed E-state index contributed by atoms with van der Waals surface area (Å²) >= 11 is 0. The molecule has 2 aliphatic rings. The van der Waals surface area contributed by atoms with Gasteiger partial charge in [0.25, 0.3) is 0 Å². The summed E-state index contributed by atoms with van der Waals surface area (Å²) in [7, 11) is 0. The summed E-state index contributed by atoms with van der Waals surface area (Å²) in [4.78, 5) is 0. The largest absolute Gasteiger partial charge is 0.203 e. The highest BCUT2D eigenvalue weighted by Gasteiger charge is 2.49. The van der Waals surface area contributed by atoms with Crippen LogP contribution in [0.2, 0.25) is 0 Å². The molecular formula is C36H8F8N6. The van der Waals surface area contributed by atoms with E-state index in [4.69, 9.17) is 10.5 Å². The Hall–Kier alpha value is -7.26. The number of hydrogen-bond donors (Lipinski definition) is 0. The van der Waals surface area contributed by atoms with Crippen LogP contribution in [-0.2, 0) is 0 Å². The minimum absolute atomic E-state index is 0.0460. The van der Waals surface area contributed by atoms with Crippen molar-refractivity contribution in [3.05, 3.63) is 127 Å². The Morgan fingerprint density at radius 1 is 0.440 bits per heavy atom. The van der Waals surface area contributed by atoms with Crippen molar-refractivity contribution >= 4 is 11.1 Å². The van der Waals surface area contributed by atoms with E-state index in [1.54, 1.807) is 24.3 Å². The van der Waals surface area contributed by atoms with Crippen molar-refractivity contribution in [2.75, 3.05) is 0 Å². The predicted octanol–water partition coefficient (Wildman–Crippen LogP) is 8.37. The van der Waals surface area contributed by atoms with Crippen molar-refractivity contribution in [3.63, 3.8) is 0 Å². The first kappa shape index (κ1) is 32.7. The lowest BCUT2D eigenvalue weighted by Crippen LogP contribution is -2.05. The first-order valence-electron chi connectivity index (χ1n) is 13.8. The van der Waals surface area contributed by atoms with Crippen LogP contribution in [0.1, 0.15) is 45.2 Å². The predicted molar refractivity (Wildman–Crippen MR) is 155 cm³/mol. The highest BCUT2D eigenvalue weighted by Crippen LogP contribution is 2.64. The topological polar surface area (TPSA) is 143 Å². The van der Waals surface area contributed by atoms with Crippen LogP contribution < -0.4 is 0 Å². The second kappa shape index (κ2) is 11.8. The second-order valence-corrected chi connectivity index (χ2v) is 10.8. The van der Waals surface area contributed by atoms with E-state index < -0.39 is 103 Å². The SMILES string of the molecule is N#CC(C#N)=C1c2cc(-c3c(F)c(F)c(C#N)c(F)c3F)ccc2C2C(=C(C#N)C#N)c3cc(-c4c(F)c(F)c(C#N)c(F)c4F)ccc3C12. The fourth-order valence-corrected chi connectivity index (χ4v) is 6.61. The molecule has 0 bridgehead atoms. The third-order valence-corrected chi connectivity index (χ3v) is 8.63. The molecule has 0 N–H and O–H groups in total. The second-order valence-electron chi connectivity index (χ2n) is 10.8. The lowest BCUT2D eigenvalue weighted by atomic mass is 9.86. The van der Waals surface area contributed by atoms with Gasteiger partial charge in [0.05, 0.1) is 11.1 Å². The van der Waals surface area contributed by atoms with Gasteiger partial charge in [-0.15, -0.1) is 0 Å². The van der Waals surface area contributed by atoms with Crippen LogP contribution in [0.25, 0.3) is 33.4 Å². The molecule has 0 heterocycles. The van der Waals surface area contributed by atoms with E-state index in [1.807, 2.05) is 0 Å². The van der Waals surface area contributed by atoms with Gasteiger partial charge in [0.15, 0.2) is 46.5 Å².